The number of esters is 1. The van der Waals surface area contributed by atoms with Crippen molar-refractivity contribution in [1.82, 2.24) is 14.6 Å². The van der Waals surface area contributed by atoms with E-state index >= 15 is 0 Å². The number of carbonyl (C=O) groups is 1. The highest BCUT2D eigenvalue weighted by Crippen LogP contribution is 2.28. The van der Waals surface area contributed by atoms with Crippen LogP contribution in [-0.2, 0) is 14.6 Å². The van der Waals surface area contributed by atoms with Crippen molar-refractivity contribution in [2.24, 2.45) is 0 Å². The van der Waals surface area contributed by atoms with E-state index in [1.165, 1.54) is 7.11 Å². The van der Waals surface area contributed by atoms with Crippen molar-refractivity contribution < 1.29 is 17.9 Å². The van der Waals surface area contributed by atoms with Gasteiger partial charge in [-0.1, -0.05) is 6.07 Å². The zero-order valence-corrected chi connectivity index (χ0v) is 12.3. The third-order valence-corrected chi connectivity index (χ3v) is 5.48. The van der Waals surface area contributed by atoms with Crippen LogP contribution in [0.5, 0.6) is 0 Å². The van der Waals surface area contributed by atoms with Crippen LogP contribution in [0.4, 0.5) is 0 Å². The molecule has 8 heteroatoms. The van der Waals surface area contributed by atoms with Crippen molar-refractivity contribution in [3.63, 3.8) is 0 Å². The first-order valence-corrected chi connectivity index (χ1v) is 8.47. The summed E-state index contributed by atoms with van der Waals surface area (Å²) in [4.78, 5) is 11.9. The molecule has 2 aromatic heterocycles. The van der Waals surface area contributed by atoms with Crippen LogP contribution in [0.2, 0.25) is 0 Å². The van der Waals surface area contributed by atoms with Crippen LogP contribution in [0.1, 0.15) is 35.1 Å². The van der Waals surface area contributed by atoms with E-state index in [1.807, 2.05) is 0 Å². The van der Waals surface area contributed by atoms with E-state index in [0.29, 0.717) is 30.0 Å². The predicted molar refractivity (Wildman–Crippen MR) is 75.0 cm³/mol. The number of carbonyl (C=O) groups excluding carboxylic acids is 1. The molecule has 0 aromatic carbocycles. The van der Waals surface area contributed by atoms with Crippen LogP contribution in [0.15, 0.2) is 18.2 Å². The maximum absolute atomic E-state index is 11.9. The van der Waals surface area contributed by atoms with Crippen molar-refractivity contribution in [2.45, 2.75) is 18.8 Å². The fraction of sp³-hybridized carbons (Fsp3) is 0.462. The molecule has 1 fully saturated rings. The summed E-state index contributed by atoms with van der Waals surface area (Å²) in [5.74, 6) is 0.431. The number of aromatic nitrogens is 3. The summed E-state index contributed by atoms with van der Waals surface area (Å²) in [6.45, 7) is 0. The molecule has 0 bridgehead atoms. The number of methoxy groups -OCH3 is 1. The molecule has 21 heavy (non-hydrogen) atoms. The normalized spacial score (nSPS) is 18.7. The maximum Gasteiger partial charge on any atom is 0.355 e. The lowest BCUT2D eigenvalue weighted by Gasteiger charge is -2.20. The van der Waals surface area contributed by atoms with Gasteiger partial charge in [-0.3, -0.25) is 4.40 Å². The average molecular weight is 309 g/mol. The second-order valence-corrected chi connectivity index (χ2v) is 7.38. The minimum Gasteiger partial charge on any atom is -0.464 e. The molecule has 2 aromatic rings. The highest BCUT2D eigenvalue weighted by molar-refractivity contribution is 7.91. The standard InChI is InChI=1S/C13H15N3O4S/c1-20-13(17)10-3-2-4-11-14-15-12(16(10)11)9-5-7-21(18,19)8-6-9/h2-4,9H,5-8H2,1H3. The van der Waals surface area contributed by atoms with Crippen LogP contribution in [0, 0.1) is 0 Å². The largest absolute Gasteiger partial charge is 0.464 e. The Morgan fingerprint density at radius 3 is 2.67 bits per heavy atom. The van der Waals surface area contributed by atoms with E-state index in [9.17, 15) is 13.2 Å². The van der Waals surface area contributed by atoms with Gasteiger partial charge in [0.2, 0.25) is 0 Å². The van der Waals surface area contributed by atoms with Gasteiger partial charge in [-0.15, -0.1) is 10.2 Å². The number of fused-ring (bicyclic) bond motifs is 1. The van der Waals surface area contributed by atoms with Crippen LogP contribution in [0.3, 0.4) is 0 Å². The van der Waals surface area contributed by atoms with Gasteiger partial charge in [-0.2, -0.15) is 0 Å². The van der Waals surface area contributed by atoms with Gasteiger partial charge in [0.15, 0.2) is 5.65 Å². The fourth-order valence-corrected chi connectivity index (χ4v) is 4.13. The number of hydrogen-bond donors (Lipinski definition) is 0. The summed E-state index contributed by atoms with van der Waals surface area (Å²) in [7, 11) is -1.62. The first-order valence-electron chi connectivity index (χ1n) is 6.64. The van der Waals surface area contributed by atoms with Crippen molar-refractivity contribution >= 4 is 21.5 Å². The van der Waals surface area contributed by atoms with Crippen LogP contribution >= 0.6 is 0 Å². The Bertz CT molecular complexity index is 783. The van der Waals surface area contributed by atoms with Gasteiger partial charge in [-0.05, 0) is 25.0 Å². The van der Waals surface area contributed by atoms with Crippen molar-refractivity contribution in [2.75, 3.05) is 18.6 Å². The molecule has 0 aliphatic carbocycles. The monoisotopic (exact) mass is 309 g/mol. The van der Waals surface area contributed by atoms with Gasteiger partial charge in [0.1, 0.15) is 21.4 Å². The fourth-order valence-electron chi connectivity index (χ4n) is 2.64. The highest BCUT2D eigenvalue weighted by atomic mass is 32.2. The number of nitrogens with zero attached hydrogens (tertiary/aromatic N) is 3. The molecule has 0 N–H and O–H groups in total. The van der Waals surface area contributed by atoms with E-state index in [-0.39, 0.29) is 17.4 Å². The zero-order valence-electron chi connectivity index (χ0n) is 11.5. The Kier molecular flexibility index (Phi) is 3.40. The Hall–Kier alpha value is -1.96. The molecule has 1 aliphatic rings. The number of sulfone groups is 1. The van der Waals surface area contributed by atoms with Gasteiger partial charge in [0.05, 0.1) is 18.6 Å². The molecule has 0 saturated carbocycles. The molecule has 0 unspecified atom stereocenters. The molecule has 112 valence electrons. The molecule has 7 nitrogen and oxygen atoms in total. The average Bonchev–Trinajstić information content (AvgIpc) is 2.90. The van der Waals surface area contributed by atoms with E-state index in [2.05, 4.69) is 10.2 Å². The summed E-state index contributed by atoms with van der Waals surface area (Å²) in [5.41, 5.74) is 0.907. The third-order valence-electron chi connectivity index (χ3n) is 3.77. The van der Waals surface area contributed by atoms with Gasteiger partial charge in [-0.25, -0.2) is 13.2 Å². The van der Waals surface area contributed by atoms with Crippen LogP contribution in [0.25, 0.3) is 5.65 Å². The Morgan fingerprint density at radius 2 is 2.00 bits per heavy atom. The number of hydrogen-bond acceptors (Lipinski definition) is 6. The number of ether oxygens (including phenoxy) is 1. The molecule has 0 radical (unpaired) electrons. The smallest absolute Gasteiger partial charge is 0.355 e. The minimum atomic E-state index is -2.94. The van der Waals surface area contributed by atoms with E-state index in [0.717, 1.165) is 0 Å². The SMILES string of the molecule is COC(=O)c1cccc2nnc(C3CCS(=O)(=O)CC3)n12. The van der Waals surface area contributed by atoms with E-state index in [1.54, 1.807) is 22.6 Å². The highest BCUT2D eigenvalue weighted by Gasteiger charge is 2.29. The molecule has 3 rings (SSSR count). The van der Waals surface area contributed by atoms with Gasteiger partial charge in [0, 0.05) is 5.92 Å². The van der Waals surface area contributed by atoms with E-state index in [4.69, 9.17) is 4.74 Å². The zero-order chi connectivity index (χ0) is 15.0. The lowest BCUT2D eigenvalue weighted by atomic mass is 10.0. The third kappa shape index (κ3) is 2.51. The first-order chi connectivity index (χ1) is 10.0. The molecule has 1 aliphatic heterocycles. The summed E-state index contributed by atoms with van der Waals surface area (Å²) < 4.78 is 29.5. The second kappa shape index (κ2) is 5.10. The summed E-state index contributed by atoms with van der Waals surface area (Å²) in [6.07, 6.45) is 0.997. The number of pyridine rings is 1. The number of rotatable bonds is 2. The quantitative estimate of drug-likeness (QED) is 0.762. The molecule has 3 heterocycles. The Labute approximate surface area is 121 Å². The van der Waals surface area contributed by atoms with Gasteiger partial charge in [0.25, 0.3) is 0 Å². The first kappa shape index (κ1) is 14.0. The second-order valence-electron chi connectivity index (χ2n) is 5.08. The summed E-state index contributed by atoms with van der Waals surface area (Å²) in [6, 6.07) is 5.11. The minimum absolute atomic E-state index is 0.0191. The van der Waals surface area contributed by atoms with Gasteiger partial charge < -0.3 is 4.74 Å². The summed E-state index contributed by atoms with van der Waals surface area (Å²) >= 11 is 0. The maximum atomic E-state index is 11.9. The molecular formula is C13H15N3O4S. The lowest BCUT2D eigenvalue weighted by Crippen LogP contribution is -2.24. The predicted octanol–water partition coefficient (Wildman–Crippen LogP) is 0.808. The Morgan fingerprint density at radius 1 is 1.29 bits per heavy atom. The lowest BCUT2D eigenvalue weighted by molar-refractivity contribution is 0.0591. The Balaban J connectivity index is 2.05. The van der Waals surface area contributed by atoms with Gasteiger partial charge >= 0.3 is 5.97 Å². The molecule has 0 amide bonds. The molecule has 0 spiro atoms. The molecule has 0 atom stereocenters. The van der Waals surface area contributed by atoms with Crippen molar-refractivity contribution in [3.8, 4) is 0 Å². The van der Waals surface area contributed by atoms with E-state index < -0.39 is 15.8 Å². The molecule has 1 saturated heterocycles. The summed E-state index contributed by atoms with van der Waals surface area (Å²) in [5, 5.41) is 8.22. The topological polar surface area (TPSA) is 90.6 Å². The van der Waals surface area contributed by atoms with Crippen LogP contribution < -0.4 is 0 Å². The molecular weight excluding hydrogens is 294 g/mol. The van der Waals surface area contributed by atoms with Crippen molar-refractivity contribution in [1.29, 1.82) is 0 Å². The van der Waals surface area contributed by atoms with Crippen LogP contribution in [-0.4, -0.2) is 47.6 Å². The van der Waals surface area contributed by atoms with Crippen molar-refractivity contribution in [3.05, 3.63) is 29.7 Å².